The minimum Gasteiger partial charge on any atom is -0.459 e. The molecule has 4 rings (SSSR count). The van der Waals surface area contributed by atoms with Gasteiger partial charge in [0.25, 0.3) is 0 Å². The number of carbonyl (C=O) groups excluding carboxylic acids is 2. The molecule has 2 N–H and O–H groups in total. The lowest BCUT2D eigenvalue weighted by atomic mass is 10.1. The van der Waals surface area contributed by atoms with Gasteiger partial charge >= 0.3 is 11.9 Å². The molecule has 0 spiro atoms. The van der Waals surface area contributed by atoms with Crippen LogP contribution in [0.15, 0.2) is 36.8 Å². The van der Waals surface area contributed by atoms with Crippen LogP contribution in [0.3, 0.4) is 0 Å². The van der Waals surface area contributed by atoms with Gasteiger partial charge in [0.05, 0.1) is 5.56 Å². The maximum Gasteiger partial charge on any atom is 0.344 e. The van der Waals surface area contributed by atoms with E-state index in [2.05, 4.69) is 15.6 Å². The smallest absolute Gasteiger partial charge is 0.344 e. The third-order valence-corrected chi connectivity index (χ3v) is 5.82. The molecule has 8 nitrogen and oxygen atoms in total. The first-order chi connectivity index (χ1) is 15.6. The second-order valence-corrected chi connectivity index (χ2v) is 8.52. The summed E-state index contributed by atoms with van der Waals surface area (Å²) >= 11 is 0. The van der Waals surface area contributed by atoms with Crippen molar-refractivity contribution in [2.75, 3.05) is 26.2 Å². The lowest BCUT2D eigenvalue weighted by Crippen LogP contribution is -2.37. The number of aryl methyl sites for hydroxylation is 1. The molecule has 2 aliphatic heterocycles. The number of rotatable bonds is 6. The fourth-order valence-electron chi connectivity index (χ4n) is 4.09. The topological polar surface area (TPSA) is 93.4 Å². The van der Waals surface area contributed by atoms with Crippen LogP contribution in [0.1, 0.15) is 57.7 Å². The first-order valence-corrected chi connectivity index (χ1v) is 11.4. The maximum absolute atomic E-state index is 12.6. The monoisotopic (exact) mass is 439 g/mol. The number of aromatic nitrogens is 2. The van der Waals surface area contributed by atoms with Crippen molar-refractivity contribution in [2.45, 2.75) is 51.4 Å². The fourth-order valence-corrected chi connectivity index (χ4v) is 4.09. The molecule has 0 bridgehead atoms. The van der Waals surface area contributed by atoms with Crippen LogP contribution < -0.4 is 15.2 Å². The number of ether oxygens (including phenoxy) is 2. The predicted octanol–water partition coefficient (Wildman–Crippen LogP) is 1.54. The Morgan fingerprint density at radius 2 is 1.53 bits per heavy atom. The lowest BCUT2D eigenvalue weighted by molar-refractivity contribution is -0.689. The molecule has 0 saturated carbocycles. The van der Waals surface area contributed by atoms with Crippen LogP contribution in [-0.2, 0) is 16.0 Å². The lowest BCUT2D eigenvalue weighted by Gasteiger charge is -2.22. The van der Waals surface area contributed by atoms with Crippen LogP contribution in [0.4, 0.5) is 0 Å². The van der Waals surface area contributed by atoms with Crippen LogP contribution in [0, 0.1) is 6.92 Å². The number of hydrogen-bond donors (Lipinski definition) is 2. The van der Waals surface area contributed by atoms with Gasteiger partial charge < -0.3 is 20.1 Å². The molecule has 32 heavy (non-hydrogen) atoms. The molecule has 2 aromatic heterocycles. The Labute approximate surface area is 188 Å². The second kappa shape index (κ2) is 10.7. The zero-order chi connectivity index (χ0) is 22.3. The molecule has 0 atom stereocenters. The minimum atomic E-state index is -0.331. The Kier molecular flexibility index (Phi) is 7.44. The van der Waals surface area contributed by atoms with E-state index < -0.39 is 0 Å². The summed E-state index contributed by atoms with van der Waals surface area (Å²) < 4.78 is 13.2. The van der Waals surface area contributed by atoms with Crippen LogP contribution in [0.2, 0.25) is 0 Å². The summed E-state index contributed by atoms with van der Waals surface area (Å²) in [5.74, 6) is -0.625. The molecular formula is C24H31N4O4+. The Morgan fingerprint density at radius 3 is 2.09 bits per heavy atom. The number of esters is 2. The van der Waals surface area contributed by atoms with Gasteiger partial charge in [0, 0.05) is 11.8 Å². The standard InChI is InChI=1S/C24H31N4O4/c1-17-12-19(24(30)32-22-6-10-26-11-7-22)15-28(14-17)16-20-3-2-18(13-27-20)23(29)31-21-4-8-25-9-5-21/h2-3,12-15,21-22,25-26H,4-11,16H2,1H3/q+1. The van der Waals surface area contributed by atoms with Crippen molar-refractivity contribution < 1.29 is 23.6 Å². The predicted molar refractivity (Wildman–Crippen MR) is 117 cm³/mol. The Bertz CT molecular complexity index is 936. The highest BCUT2D eigenvalue weighted by Crippen LogP contribution is 2.13. The van der Waals surface area contributed by atoms with Crippen molar-refractivity contribution in [2.24, 2.45) is 0 Å². The molecule has 0 aromatic carbocycles. The highest BCUT2D eigenvalue weighted by atomic mass is 16.5. The molecule has 2 saturated heterocycles. The zero-order valence-electron chi connectivity index (χ0n) is 18.5. The number of nitrogens with one attached hydrogen (secondary N) is 2. The van der Waals surface area contributed by atoms with Crippen LogP contribution in [-0.4, -0.2) is 55.3 Å². The molecule has 4 heterocycles. The first kappa shape index (κ1) is 22.4. The summed E-state index contributed by atoms with van der Waals surface area (Å²) in [6, 6.07) is 5.41. The van der Waals surface area contributed by atoms with Gasteiger partial charge in [0.15, 0.2) is 18.9 Å². The summed E-state index contributed by atoms with van der Waals surface area (Å²) in [4.78, 5) is 29.4. The van der Waals surface area contributed by atoms with Crippen LogP contribution in [0.5, 0.6) is 0 Å². The molecular weight excluding hydrogens is 408 g/mol. The highest BCUT2D eigenvalue weighted by Gasteiger charge is 2.22. The van der Waals surface area contributed by atoms with E-state index in [1.54, 1.807) is 18.5 Å². The quantitative estimate of drug-likeness (QED) is 0.521. The van der Waals surface area contributed by atoms with Gasteiger partial charge in [0.1, 0.15) is 23.5 Å². The minimum absolute atomic E-state index is 0.0310. The zero-order valence-corrected chi connectivity index (χ0v) is 18.5. The van der Waals surface area contributed by atoms with Crippen molar-refractivity contribution in [3.63, 3.8) is 0 Å². The summed E-state index contributed by atoms with van der Waals surface area (Å²) in [5.41, 5.74) is 2.74. The van der Waals surface area contributed by atoms with Crippen molar-refractivity contribution in [1.82, 2.24) is 15.6 Å². The highest BCUT2D eigenvalue weighted by molar-refractivity contribution is 5.89. The molecule has 0 unspecified atom stereocenters. The van der Waals surface area contributed by atoms with Gasteiger partial charge in [-0.2, -0.15) is 4.57 Å². The average Bonchev–Trinajstić information content (AvgIpc) is 2.80. The van der Waals surface area contributed by atoms with Crippen molar-refractivity contribution in [3.05, 3.63) is 59.2 Å². The average molecular weight is 440 g/mol. The summed E-state index contributed by atoms with van der Waals surface area (Å²) in [5, 5.41) is 6.53. The first-order valence-electron chi connectivity index (χ1n) is 11.4. The third kappa shape index (κ3) is 6.11. The van der Waals surface area contributed by atoms with E-state index in [1.807, 2.05) is 29.8 Å². The van der Waals surface area contributed by atoms with E-state index in [4.69, 9.17) is 9.47 Å². The van der Waals surface area contributed by atoms with E-state index in [9.17, 15) is 9.59 Å². The van der Waals surface area contributed by atoms with E-state index in [0.717, 1.165) is 63.1 Å². The van der Waals surface area contributed by atoms with Gasteiger partial charge in [-0.15, -0.1) is 0 Å². The molecule has 2 fully saturated rings. The van der Waals surface area contributed by atoms with Gasteiger partial charge in [0.2, 0.25) is 0 Å². The number of nitrogens with zero attached hydrogens (tertiary/aromatic N) is 2. The fraction of sp³-hybridized carbons (Fsp3) is 0.500. The molecule has 2 aromatic rings. The summed E-state index contributed by atoms with van der Waals surface area (Å²) in [6.45, 7) is 5.92. The molecule has 2 aliphatic rings. The van der Waals surface area contributed by atoms with Gasteiger partial charge in [-0.3, -0.25) is 4.98 Å². The SMILES string of the molecule is Cc1cc(C(=O)OC2CCNCC2)c[n+](Cc2ccc(C(=O)OC3CCNCC3)cn2)c1. The van der Waals surface area contributed by atoms with E-state index in [0.29, 0.717) is 17.7 Å². The number of hydrogen-bond acceptors (Lipinski definition) is 7. The summed E-state index contributed by atoms with van der Waals surface area (Å²) in [7, 11) is 0. The summed E-state index contributed by atoms with van der Waals surface area (Å²) in [6.07, 6.45) is 8.60. The van der Waals surface area contributed by atoms with Gasteiger partial charge in [-0.05, 0) is 77.0 Å². The normalized spacial score (nSPS) is 17.7. The van der Waals surface area contributed by atoms with E-state index in [-0.39, 0.29) is 24.1 Å². The Balaban J connectivity index is 1.37. The van der Waals surface area contributed by atoms with Crippen molar-refractivity contribution in [1.29, 1.82) is 0 Å². The van der Waals surface area contributed by atoms with Crippen molar-refractivity contribution >= 4 is 11.9 Å². The van der Waals surface area contributed by atoms with Crippen LogP contribution >= 0.6 is 0 Å². The van der Waals surface area contributed by atoms with E-state index in [1.165, 1.54) is 0 Å². The molecule has 8 heteroatoms. The number of carbonyl (C=O) groups is 2. The number of piperidine rings is 2. The maximum atomic E-state index is 12.6. The molecule has 170 valence electrons. The Morgan fingerprint density at radius 1 is 0.938 bits per heavy atom. The van der Waals surface area contributed by atoms with E-state index >= 15 is 0 Å². The van der Waals surface area contributed by atoms with Gasteiger partial charge in [-0.25, -0.2) is 9.59 Å². The third-order valence-electron chi connectivity index (χ3n) is 5.82. The number of pyridine rings is 2. The van der Waals surface area contributed by atoms with Crippen molar-refractivity contribution in [3.8, 4) is 0 Å². The van der Waals surface area contributed by atoms with Crippen LogP contribution in [0.25, 0.3) is 0 Å². The second-order valence-electron chi connectivity index (χ2n) is 8.52. The Hall–Kier alpha value is -2.84. The van der Waals surface area contributed by atoms with Gasteiger partial charge in [-0.1, -0.05) is 0 Å². The molecule has 0 radical (unpaired) electrons. The largest absolute Gasteiger partial charge is 0.459 e. The molecule has 0 amide bonds. The molecule has 0 aliphatic carbocycles.